The predicted octanol–water partition coefficient (Wildman–Crippen LogP) is 5.01. The van der Waals surface area contributed by atoms with Crippen molar-refractivity contribution in [3.8, 4) is 0 Å². The third-order valence-corrected chi connectivity index (χ3v) is 5.38. The number of nitrogens with one attached hydrogen (secondary N) is 2. The van der Waals surface area contributed by atoms with Crippen LogP contribution in [-0.4, -0.2) is 24.4 Å². The summed E-state index contributed by atoms with van der Waals surface area (Å²) in [7, 11) is 0. The van der Waals surface area contributed by atoms with Crippen molar-refractivity contribution in [2.45, 2.75) is 33.1 Å². The van der Waals surface area contributed by atoms with Crippen molar-refractivity contribution in [2.75, 3.05) is 17.2 Å². The Morgan fingerprint density at radius 2 is 1.62 bits per heavy atom. The predicted molar refractivity (Wildman–Crippen MR) is 117 cm³/mol. The lowest BCUT2D eigenvalue weighted by Gasteiger charge is -2.12. The van der Waals surface area contributed by atoms with Crippen LogP contribution in [0.3, 0.4) is 0 Å². The quantitative estimate of drug-likeness (QED) is 0.519. The van der Waals surface area contributed by atoms with E-state index in [0.717, 1.165) is 15.6 Å². The lowest BCUT2D eigenvalue weighted by atomic mass is 10.1. The zero-order valence-electron chi connectivity index (χ0n) is 16.2. The molecule has 0 aromatic heterocycles. The molecule has 2 N–H and O–H groups in total. The topological polar surface area (TPSA) is 84.5 Å². The Morgan fingerprint density at radius 1 is 0.931 bits per heavy atom. The fourth-order valence-electron chi connectivity index (χ4n) is 2.48. The van der Waals surface area contributed by atoms with E-state index >= 15 is 0 Å². The summed E-state index contributed by atoms with van der Waals surface area (Å²) >= 11 is 9.23. The molecule has 0 atom stereocenters. The molecule has 0 saturated heterocycles. The number of rotatable bonds is 8. The number of anilines is 2. The maximum Gasteiger partial charge on any atom is 0.306 e. The van der Waals surface area contributed by atoms with E-state index in [1.54, 1.807) is 30.3 Å². The van der Waals surface area contributed by atoms with Gasteiger partial charge in [0, 0.05) is 33.7 Å². The highest BCUT2D eigenvalue weighted by Crippen LogP contribution is 2.25. The largest absolute Gasteiger partial charge is 0.456 e. The van der Waals surface area contributed by atoms with Gasteiger partial charge in [-0.15, -0.1) is 0 Å². The average Bonchev–Trinajstić information content (AvgIpc) is 2.68. The van der Waals surface area contributed by atoms with E-state index in [0.29, 0.717) is 22.8 Å². The second kappa shape index (κ2) is 11.0. The molecule has 0 fully saturated rings. The van der Waals surface area contributed by atoms with Crippen LogP contribution >= 0.6 is 27.5 Å². The normalized spacial score (nSPS) is 10.3. The van der Waals surface area contributed by atoms with E-state index in [2.05, 4.69) is 26.6 Å². The lowest BCUT2D eigenvalue weighted by Crippen LogP contribution is -2.21. The van der Waals surface area contributed by atoms with Crippen LogP contribution < -0.4 is 10.6 Å². The Kier molecular flexibility index (Phi) is 8.67. The summed E-state index contributed by atoms with van der Waals surface area (Å²) in [5.74, 6) is -1.15. The molecule has 0 radical (unpaired) electrons. The minimum absolute atomic E-state index is 0.0533. The van der Waals surface area contributed by atoms with Crippen LogP contribution in [0.15, 0.2) is 40.9 Å². The smallest absolute Gasteiger partial charge is 0.306 e. The van der Waals surface area contributed by atoms with Crippen LogP contribution in [0.2, 0.25) is 5.02 Å². The molecule has 0 spiro atoms. The van der Waals surface area contributed by atoms with E-state index < -0.39 is 11.9 Å². The molecular formula is C21H22BrClN2O4. The minimum Gasteiger partial charge on any atom is -0.456 e. The molecule has 2 aromatic rings. The van der Waals surface area contributed by atoms with E-state index in [1.165, 1.54) is 0 Å². The number of benzene rings is 2. The Labute approximate surface area is 183 Å². The molecule has 0 aliphatic heterocycles. The first-order valence-corrected chi connectivity index (χ1v) is 10.2. The third-order valence-electron chi connectivity index (χ3n) is 4.27. The number of hydrogen-bond donors (Lipinski definition) is 2. The van der Waals surface area contributed by atoms with E-state index in [9.17, 15) is 14.4 Å². The Bertz CT molecular complexity index is 900. The van der Waals surface area contributed by atoms with Crippen LogP contribution in [0.5, 0.6) is 0 Å². The van der Waals surface area contributed by atoms with Crippen LogP contribution in [0.25, 0.3) is 0 Å². The Balaban J connectivity index is 1.67. The van der Waals surface area contributed by atoms with Gasteiger partial charge in [0.05, 0.1) is 0 Å². The zero-order valence-corrected chi connectivity index (χ0v) is 18.5. The molecule has 2 aromatic carbocycles. The monoisotopic (exact) mass is 480 g/mol. The van der Waals surface area contributed by atoms with Gasteiger partial charge in [-0.3, -0.25) is 14.4 Å². The van der Waals surface area contributed by atoms with Crippen molar-refractivity contribution in [3.05, 3.63) is 57.0 Å². The van der Waals surface area contributed by atoms with Gasteiger partial charge in [-0.05, 0) is 67.8 Å². The average molecular weight is 482 g/mol. The van der Waals surface area contributed by atoms with Gasteiger partial charge in [0.15, 0.2) is 6.61 Å². The number of halogens is 2. The molecule has 0 aliphatic carbocycles. The van der Waals surface area contributed by atoms with Gasteiger partial charge in [0.1, 0.15) is 0 Å². The Hall–Kier alpha value is -2.38. The maximum absolute atomic E-state index is 12.0. The number of ether oxygens (including phenoxy) is 1. The first kappa shape index (κ1) is 22.9. The molecule has 6 nitrogen and oxygen atoms in total. The van der Waals surface area contributed by atoms with Crippen molar-refractivity contribution in [3.63, 3.8) is 0 Å². The fourth-order valence-corrected chi connectivity index (χ4v) is 3.03. The van der Waals surface area contributed by atoms with Crippen molar-refractivity contribution in [1.29, 1.82) is 0 Å². The van der Waals surface area contributed by atoms with E-state index in [1.807, 2.05) is 19.9 Å². The van der Waals surface area contributed by atoms with Crippen molar-refractivity contribution in [1.82, 2.24) is 0 Å². The summed E-state index contributed by atoms with van der Waals surface area (Å²) in [6, 6.07) is 10.4. The standard InChI is InChI=1S/C21H22BrClN2O4/c1-13-14(2)18(11-10-17(13)22)25-20(27)12-29-21(28)5-3-4-19(26)24-16-8-6-15(23)7-9-16/h6-11H,3-5,12H2,1-2H3,(H,24,26)(H,25,27). The number of hydrogen-bond acceptors (Lipinski definition) is 4. The summed E-state index contributed by atoms with van der Waals surface area (Å²) in [5, 5.41) is 6.03. The minimum atomic E-state index is -0.525. The molecular weight excluding hydrogens is 460 g/mol. The number of carbonyl (C=O) groups excluding carboxylic acids is 3. The van der Waals surface area contributed by atoms with Crippen LogP contribution in [0.1, 0.15) is 30.4 Å². The highest BCUT2D eigenvalue weighted by molar-refractivity contribution is 9.10. The summed E-state index contributed by atoms with van der Waals surface area (Å²) in [6.07, 6.45) is 0.546. The van der Waals surface area contributed by atoms with Gasteiger partial charge in [0.25, 0.3) is 5.91 Å². The summed E-state index contributed by atoms with van der Waals surface area (Å²) in [6.45, 7) is 3.47. The molecule has 0 saturated carbocycles. The highest BCUT2D eigenvalue weighted by atomic mass is 79.9. The maximum atomic E-state index is 12.0. The second-order valence-electron chi connectivity index (χ2n) is 6.46. The van der Waals surface area contributed by atoms with Gasteiger partial charge >= 0.3 is 5.97 Å². The number of carbonyl (C=O) groups is 3. The van der Waals surface area contributed by atoms with Gasteiger partial charge in [-0.1, -0.05) is 27.5 Å². The van der Waals surface area contributed by atoms with E-state index in [-0.39, 0.29) is 25.4 Å². The van der Waals surface area contributed by atoms with Gasteiger partial charge < -0.3 is 15.4 Å². The van der Waals surface area contributed by atoms with Crippen LogP contribution in [0, 0.1) is 13.8 Å². The molecule has 2 rings (SSSR count). The van der Waals surface area contributed by atoms with Crippen LogP contribution in [-0.2, 0) is 19.1 Å². The molecule has 29 heavy (non-hydrogen) atoms. The van der Waals surface area contributed by atoms with Crippen LogP contribution in [0.4, 0.5) is 11.4 Å². The zero-order chi connectivity index (χ0) is 21.4. The third kappa shape index (κ3) is 7.51. The number of amides is 2. The van der Waals surface area contributed by atoms with E-state index in [4.69, 9.17) is 16.3 Å². The SMILES string of the molecule is Cc1c(Br)ccc(NC(=O)COC(=O)CCCC(=O)Nc2ccc(Cl)cc2)c1C. The summed E-state index contributed by atoms with van der Waals surface area (Å²) < 4.78 is 5.93. The van der Waals surface area contributed by atoms with Crippen molar-refractivity contribution < 1.29 is 19.1 Å². The molecule has 8 heteroatoms. The second-order valence-corrected chi connectivity index (χ2v) is 7.75. The molecule has 154 valence electrons. The fraction of sp³-hybridized carbons (Fsp3) is 0.286. The summed E-state index contributed by atoms with van der Waals surface area (Å²) in [4.78, 5) is 35.7. The molecule has 0 bridgehead atoms. The molecule has 0 heterocycles. The van der Waals surface area contributed by atoms with Crippen molar-refractivity contribution >= 4 is 56.7 Å². The number of esters is 1. The molecule has 0 aliphatic rings. The first-order chi connectivity index (χ1) is 13.8. The molecule has 2 amide bonds. The van der Waals surface area contributed by atoms with Crippen molar-refractivity contribution in [2.24, 2.45) is 0 Å². The van der Waals surface area contributed by atoms with Gasteiger partial charge in [0.2, 0.25) is 5.91 Å². The molecule has 0 unspecified atom stereocenters. The first-order valence-electron chi connectivity index (χ1n) is 9.03. The highest BCUT2D eigenvalue weighted by Gasteiger charge is 2.12. The van der Waals surface area contributed by atoms with Gasteiger partial charge in [-0.2, -0.15) is 0 Å². The lowest BCUT2D eigenvalue weighted by molar-refractivity contribution is -0.147. The Morgan fingerprint density at radius 3 is 2.31 bits per heavy atom. The summed E-state index contributed by atoms with van der Waals surface area (Å²) in [5.41, 5.74) is 3.27. The van der Waals surface area contributed by atoms with Gasteiger partial charge in [-0.25, -0.2) is 0 Å².